The van der Waals surface area contributed by atoms with Crippen molar-refractivity contribution in [3.63, 3.8) is 0 Å². The van der Waals surface area contributed by atoms with E-state index in [1.807, 2.05) is 19.1 Å². The first-order chi connectivity index (χ1) is 12.5. The summed E-state index contributed by atoms with van der Waals surface area (Å²) in [6, 6.07) is 11.9. The van der Waals surface area contributed by atoms with E-state index in [0.29, 0.717) is 36.3 Å². The minimum absolute atomic E-state index is 0.127. The second-order valence-corrected chi connectivity index (χ2v) is 6.33. The van der Waals surface area contributed by atoms with Crippen molar-refractivity contribution >= 4 is 52.1 Å². The number of nitrogens with one attached hydrogen (secondary N) is 2. The first-order valence-electron chi connectivity index (χ1n) is 7.88. The van der Waals surface area contributed by atoms with Crippen LogP contribution in [0.15, 0.2) is 42.5 Å². The highest BCUT2D eigenvalue weighted by Crippen LogP contribution is 2.24. The van der Waals surface area contributed by atoms with E-state index in [2.05, 4.69) is 10.6 Å². The number of carbonyl (C=O) groups is 1. The Labute approximate surface area is 167 Å². The summed E-state index contributed by atoms with van der Waals surface area (Å²) in [7, 11) is 0. The van der Waals surface area contributed by atoms with Crippen LogP contribution in [0.2, 0.25) is 10.0 Å². The molecule has 0 saturated heterocycles. The van der Waals surface area contributed by atoms with Crippen LogP contribution in [-0.2, 0) is 4.74 Å². The molecule has 0 saturated carbocycles. The molecule has 2 aromatic rings. The highest BCUT2D eigenvalue weighted by atomic mass is 35.5. The van der Waals surface area contributed by atoms with Crippen LogP contribution >= 0.6 is 35.4 Å². The van der Waals surface area contributed by atoms with Crippen molar-refractivity contribution in [2.45, 2.75) is 6.92 Å². The third-order valence-electron chi connectivity index (χ3n) is 3.23. The lowest BCUT2D eigenvalue weighted by Crippen LogP contribution is -2.34. The topological polar surface area (TPSA) is 59.6 Å². The summed E-state index contributed by atoms with van der Waals surface area (Å²) in [5.41, 5.74) is 0.915. The second-order valence-electron chi connectivity index (χ2n) is 5.07. The Morgan fingerprint density at radius 3 is 2.65 bits per heavy atom. The van der Waals surface area contributed by atoms with Gasteiger partial charge in [0, 0.05) is 11.6 Å². The monoisotopic (exact) mass is 412 g/mol. The average Bonchev–Trinajstić information content (AvgIpc) is 2.59. The number of benzene rings is 2. The number of hydrogen-bond acceptors (Lipinski definition) is 4. The Kier molecular flexibility index (Phi) is 8.12. The first kappa shape index (κ1) is 20.5. The van der Waals surface area contributed by atoms with Gasteiger partial charge in [0.2, 0.25) is 0 Å². The average molecular weight is 413 g/mol. The Hall–Kier alpha value is -1.86. The molecule has 2 N–H and O–H groups in total. The van der Waals surface area contributed by atoms with Gasteiger partial charge in [0.25, 0.3) is 5.91 Å². The van der Waals surface area contributed by atoms with Crippen LogP contribution in [0.3, 0.4) is 0 Å². The SMILES string of the molecule is CCOCCOc1ccccc1NC(=S)NC(=O)c1ccc(Cl)cc1Cl. The van der Waals surface area contributed by atoms with E-state index in [1.54, 1.807) is 18.2 Å². The molecule has 0 spiro atoms. The summed E-state index contributed by atoms with van der Waals surface area (Å²) in [5, 5.41) is 6.35. The molecule has 2 aromatic carbocycles. The van der Waals surface area contributed by atoms with Crippen molar-refractivity contribution in [2.24, 2.45) is 0 Å². The van der Waals surface area contributed by atoms with Gasteiger partial charge in [0.15, 0.2) is 5.11 Å². The van der Waals surface area contributed by atoms with Gasteiger partial charge in [-0.25, -0.2) is 0 Å². The van der Waals surface area contributed by atoms with Gasteiger partial charge < -0.3 is 14.8 Å². The fourth-order valence-corrected chi connectivity index (χ4v) is 2.75. The van der Waals surface area contributed by atoms with E-state index in [-0.39, 0.29) is 15.7 Å². The molecule has 138 valence electrons. The minimum atomic E-state index is -0.432. The number of rotatable bonds is 7. The minimum Gasteiger partial charge on any atom is -0.489 e. The van der Waals surface area contributed by atoms with E-state index < -0.39 is 5.91 Å². The fourth-order valence-electron chi connectivity index (χ4n) is 2.05. The van der Waals surface area contributed by atoms with Crippen molar-refractivity contribution in [3.8, 4) is 5.75 Å². The van der Waals surface area contributed by atoms with Gasteiger partial charge in [-0.3, -0.25) is 10.1 Å². The highest BCUT2D eigenvalue weighted by Gasteiger charge is 2.13. The summed E-state index contributed by atoms with van der Waals surface area (Å²) < 4.78 is 10.9. The predicted molar refractivity (Wildman–Crippen MR) is 109 cm³/mol. The van der Waals surface area contributed by atoms with Gasteiger partial charge in [-0.05, 0) is 49.5 Å². The smallest absolute Gasteiger partial charge is 0.258 e. The number of anilines is 1. The molecule has 2 rings (SSSR count). The lowest BCUT2D eigenvalue weighted by atomic mass is 10.2. The van der Waals surface area contributed by atoms with Crippen molar-refractivity contribution < 1.29 is 14.3 Å². The zero-order valence-corrected chi connectivity index (χ0v) is 16.4. The molecule has 1 amide bonds. The molecular weight excluding hydrogens is 395 g/mol. The maximum absolute atomic E-state index is 12.3. The van der Waals surface area contributed by atoms with Gasteiger partial charge in [0.05, 0.1) is 22.9 Å². The van der Waals surface area contributed by atoms with E-state index in [0.717, 1.165) is 0 Å². The largest absolute Gasteiger partial charge is 0.489 e. The van der Waals surface area contributed by atoms with Crippen molar-refractivity contribution in [1.82, 2.24) is 5.32 Å². The molecule has 0 aliphatic rings. The van der Waals surface area contributed by atoms with Crippen molar-refractivity contribution in [2.75, 3.05) is 25.1 Å². The number of amides is 1. The maximum atomic E-state index is 12.3. The molecule has 5 nitrogen and oxygen atoms in total. The summed E-state index contributed by atoms with van der Waals surface area (Å²) in [4.78, 5) is 12.3. The number of halogens is 2. The van der Waals surface area contributed by atoms with Crippen molar-refractivity contribution in [1.29, 1.82) is 0 Å². The van der Waals surface area contributed by atoms with Crippen LogP contribution in [0.4, 0.5) is 5.69 Å². The Balaban J connectivity index is 1.98. The Morgan fingerprint density at radius 1 is 1.15 bits per heavy atom. The highest BCUT2D eigenvalue weighted by molar-refractivity contribution is 7.80. The van der Waals surface area contributed by atoms with Gasteiger partial charge in [-0.15, -0.1) is 0 Å². The van der Waals surface area contributed by atoms with Crippen LogP contribution in [0.1, 0.15) is 17.3 Å². The summed E-state index contributed by atoms with van der Waals surface area (Å²) in [5.74, 6) is 0.173. The lowest BCUT2D eigenvalue weighted by Gasteiger charge is -2.14. The molecular formula is C18H18Cl2N2O3S. The Morgan fingerprint density at radius 2 is 1.92 bits per heavy atom. The van der Waals surface area contributed by atoms with E-state index in [1.165, 1.54) is 12.1 Å². The Bertz CT molecular complexity index is 787. The lowest BCUT2D eigenvalue weighted by molar-refractivity contribution is 0.0978. The van der Waals surface area contributed by atoms with Crippen LogP contribution < -0.4 is 15.4 Å². The molecule has 26 heavy (non-hydrogen) atoms. The zero-order valence-electron chi connectivity index (χ0n) is 14.1. The molecule has 0 radical (unpaired) electrons. The molecule has 0 aromatic heterocycles. The molecule has 0 aliphatic heterocycles. The van der Waals surface area contributed by atoms with Crippen LogP contribution in [0, 0.1) is 0 Å². The summed E-state index contributed by atoms with van der Waals surface area (Å²) in [6.07, 6.45) is 0. The third kappa shape index (κ3) is 6.14. The zero-order chi connectivity index (χ0) is 18.9. The van der Waals surface area contributed by atoms with Crippen LogP contribution in [0.5, 0.6) is 5.75 Å². The van der Waals surface area contributed by atoms with Gasteiger partial charge in [-0.1, -0.05) is 35.3 Å². The quantitative estimate of drug-likeness (QED) is 0.516. The molecule has 0 unspecified atom stereocenters. The van der Waals surface area contributed by atoms with E-state index in [4.69, 9.17) is 44.9 Å². The summed E-state index contributed by atoms with van der Waals surface area (Å²) in [6.45, 7) is 3.45. The molecule has 0 bridgehead atoms. The molecule has 8 heteroatoms. The van der Waals surface area contributed by atoms with Gasteiger partial charge in [-0.2, -0.15) is 0 Å². The number of ether oxygens (including phenoxy) is 2. The molecule has 0 aliphatic carbocycles. The fraction of sp³-hybridized carbons (Fsp3) is 0.222. The summed E-state index contributed by atoms with van der Waals surface area (Å²) >= 11 is 17.1. The normalized spacial score (nSPS) is 10.3. The number of carbonyl (C=O) groups excluding carboxylic acids is 1. The first-order valence-corrected chi connectivity index (χ1v) is 9.04. The molecule has 0 atom stereocenters. The van der Waals surface area contributed by atoms with Gasteiger partial charge >= 0.3 is 0 Å². The second kappa shape index (κ2) is 10.3. The van der Waals surface area contributed by atoms with Gasteiger partial charge in [0.1, 0.15) is 12.4 Å². The van der Waals surface area contributed by atoms with E-state index in [9.17, 15) is 4.79 Å². The number of hydrogen-bond donors (Lipinski definition) is 2. The van der Waals surface area contributed by atoms with Crippen molar-refractivity contribution in [3.05, 3.63) is 58.1 Å². The number of para-hydroxylation sites is 2. The molecule has 0 fully saturated rings. The standard InChI is InChI=1S/C18H18Cl2N2O3S/c1-2-24-9-10-25-16-6-4-3-5-15(16)21-18(26)22-17(23)13-8-7-12(19)11-14(13)20/h3-8,11H,2,9-10H2,1H3,(H2,21,22,23,26). The van der Waals surface area contributed by atoms with Crippen LogP contribution in [0.25, 0.3) is 0 Å². The third-order valence-corrected chi connectivity index (χ3v) is 3.98. The molecule has 0 heterocycles. The van der Waals surface area contributed by atoms with E-state index >= 15 is 0 Å². The number of thiocarbonyl (C=S) groups is 1. The maximum Gasteiger partial charge on any atom is 0.258 e. The van der Waals surface area contributed by atoms with Crippen LogP contribution in [-0.4, -0.2) is 30.8 Å². The predicted octanol–water partition coefficient (Wildman–Crippen LogP) is 4.54.